The highest BCUT2D eigenvalue weighted by Crippen LogP contribution is 2.50. The minimum atomic E-state index is -3.69. The van der Waals surface area contributed by atoms with Crippen LogP contribution in [0.25, 0.3) is 6.08 Å². The predicted octanol–water partition coefficient (Wildman–Crippen LogP) is 5.28. The number of unbranched alkanes of at least 4 members (excludes halogenated alkanes) is 1. The van der Waals surface area contributed by atoms with Gasteiger partial charge in [0.15, 0.2) is 5.69 Å². The molecule has 2 aliphatic heterocycles. The average Bonchev–Trinajstić information content (AvgIpc) is 3.74. The normalized spacial score (nSPS) is 24.0. The summed E-state index contributed by atoms with van der Waals surface area (Å²) in [5, 5.41) is 2.97. The summed E-state index contributed by atoms with van der Waals surface area (Å²) in [5.74, 6) is -0.655. The second kappa shape index (κ2) is 14.2. The smallest absolute Gasteiger partial charge is 0.273 e. The van der Waals surface area contributed by atoms with Crippen LogP contribution in [0.1, 0.15) is 105 Å². The topological polar surface area (TPSA) is 128 Å². The Morgan fingerprint density at radius 1 is 1.09 bits per heavy atom. The van der Waals surface area contributed by atoms with Gasteiger partial charge in [-0.1, -0.05) is 51.0 Å². The van der Waals surface area contributed by atoms with Crippen molar-refractivity contribution in [3.05, 3.63) is 59.1 Å². The van der Waals surface area contributed by atoms with E-state index in [1.807, 2.05) is 4.72 Å². The lowest BCUT2D eigenvalue weighted by Crippen LogP contribution is -2.30. The lowest BCUT2D eigenvalue weighted by Gasteiger charge is -2.26. The molecule has 2 N–H and O–H groups in total. The van der Waals surface area contributed by atoms with Gasteiger partial charge < -0.3 is 14.5 Å². The summed E-state index contributed by atoms with van der Waals surface area (Å²) in [5.41, 5.74) is 1.50. The van der Waals surface area contributed by atoms with E-state index < -0.39 is 21.7 Å². The number of sulfonamides is 1. The highest BCUT2D eigenvalue weighted by atomic mass is 32.2. The second-order valence-electron chi connectivity index (χ2n) is 12.1. The fourth-order valence-electron chi connectivity index (χ4n) is 6.84. The lowest BCUT2D eigenvalue weighted by molar-refractivity contribution is -0.114. The van der Waals surface area contributed by atoms with E-state index in [-0.39, 0.29) is 41.4 Å². The number of nitrogens with zero attached hydrogens (tertiary/aromatic N) is 1. The molecule has 3 fully saturated rings. The van der Waals surface area contributed by atoms with Gasteiger partial charge in [0.1, 0.15) is 12.1 Å². The quantitative estimate of drug-likeness (QED) is 0.232. The number of ether oxygens (including phenoxy) is 1. The van der Waals surface area contributed by atoms with Crippen LogP contribution in [0.15, 0.2) is 35.0 Å². The van der Waals surface area contributed by atoms with E-state index in [2.05, 4.69) is 10.3 Å². The third kappa shape index (κ3) is 8.12. The van der Waals surface area contributed by atoms with Crippen molar-refractivity contribution < 1.29 is 31.6 Å². The van der Waals surface area contributed by atoms with E-state index in [1.54, 1.807) is 6.07 Å². The van der Waals surface area contributed by atoms with E-state index in [4.69, 9.17) is 9.15 Å². The third-order valence-electron chi connectivity index (χ3n) is 9.12. The molecule has 11 heteroatoms. The van der Waals surface area contributed by atoms with Crippen LogP contribution in [0.3, 0.4) is 0 Å². The first kappa shape index (κ1) is 31.4. The number of benzene rings is 1. The second-order valence-corrected chi connectivity index (χ2v) is 14.1. The van der Waals surface area contributed by atoms with Crippen LogP contribution in [-0.4, -0.2) is 49.7 Å². The largest absolute Gasteiger partial charge is 0.448 e. The Hall–Kier alpha value is -3.05. The van der Waals surface area contributed by atoms with Gasteiger partial charge in [0, 0.05) is 18.5 Å². The van der Waals surface area contributed by atoms with Gasteiger partial charge in [-0.15, -0.1) is 0 Å². The number of carbonyl (C=O) groups excluding carboxylic acids is 2. The lowest BCUT2D eigenvalue weighted by atomic mass is 9.75. The summed E-state index contributed by atoms with van der Waals surface area (Å²) in [4.78, 5) is 29.5. The molecule has 1 aliphatic carbocycles. The molecule has 3 heterocycles. The molecule has 2 unspecified atom stereocenters. The summed E-state index contributed by atoms with van der Waals surface area (Å²) in [6.07, 6.45) is 16.0. The Morgan fingerprint density at radius 3 is 2.67 bits per heavy atom. The fourth-order valence-corrected chi connectivity index (χ4v) is 7.36. The molecule has 1 aromatic heterocycles. The molecule has 0 spiro atoms. The van der Waals surface area contributed by atoms with Gasteiger partial charge >= 0.3 is 0 Å². The van der Waals surface area contributed by atoms with Gasteiger partial charge in [-0.3, -0.25) is 9.59 Å². The van der Waals surface area contributed by atoms with E-state index in [9.17, 15) is 22.4 Å². The molecular formula is C32H42FN3O6S. The molecule has 0 radical (unpaired) electrons. The zero-order valence-corrected chi connectivity index (χ0v) is 25.5. The Morgan fingerprint density at radius 2 is 1.88 bits per heavy atom. The number of hydrogen-bond acceptors (Lipinski definition) is 7. The van der Waals surface area contributed by atoms with Gasteiger partial charge in [-0.05, 0) is 67.9 Å². The molecule has 5 rings (SSSR count). The van der Waals surface area contributed by atoms with Crippen LogP contribution in [0.5, 0.6) is 0 Å². The van der Waals surface area contributed by atoms with Crippen molar-refractivity contribution in [2.24, 2.45) is 11.8 Å². The van der Waals surface area contributed by atoms with E-state index in [0.717, 1.165) is 37.7 Å². The highest BCUT2D eigenvalue weighted by molar-refractivity contribution is 7.90. The summed E-state index contributed by atoms with van der Waals surface area (Å²) < 4.78 is 51.8. The average molecular weight is 616 g/mol. The first-order valence-electron chi connectivity index (χ1n) is 15.6. The number of oxazole rings is 1. The van der Waals surface area contributed by atoms with Crippen molar-refractivity contribution >= 4 is 27.9 Å². The molecule has 9 nitrogen and oxygen atoms in total. The molecule has 2 bridgehead atoms. The molecule has 234 valence electrons. The van der Waals surface area contributed by atoms with Gasteiger partial charge in [-0.25, -0.2) is 22.5 Å². The van der Waals surface area contributed by atoms with Crippen LogP contribution in [0.2, 0.25) is 0 Å². The Bertz CT molecular complexity index is 1420. The molecule has 1 aromatic carbocycles. The monoisotopic (exact) mass is 615 g/mol. The van der Waals surface area contributed by atoms with Crippen molar-refractivity contribution in [1.82, 2.24) is 15.0 Å². The first-order chi connectivity index (χ1) is 20.7. The summed E-state index contributed by atoms with van der Waals surface area (Å²) >= 11 is 0. The van der Waals surface area contributed by atoms with Gasteiger partial charge in [0.05, 0.1) is 23.9 Å². The van der Waals surface area contributed by atoms with E-state index in [0.29, 0.717) is 30.0 Å². The molecule has 43 heavy (non-hydrogen) atoms. The molecule has 1 saturated carbocycles. The number of amides is 2. The van der Waals surface area contributed by atoms with Crippen molar-refractivity contribution in [1.29, 1.82) is 0 Å². The van der Waals surface area contributed by atoms with Crippen molar-refractivity contribution in [2.45, 2.75) is 95.7 Å². The van der Waals surface area contributed by atoms with Crippen molar-refractivity contribution in [3.8, 4) is 0 Å². The van der Waals surface area contributed by atoms with Crippen molar-refractivity contribution in [3.63, 3.8) is 0 Å². The van der Waals surface area contributed by atoms with Gasteiger partial charge in [0.25, 0.3) is 11.8 Å². The van der Waals surface area contributed by atoms with E-state index >= 15 is 0 Å². The number of carbonyl (C=O) groups is 2. The van der Waals surface area contributed by atoms with Crippen LogP contribution >= 0.6 is 0 Å². The Balaban J connectivity index is 1.21. The molecule has 2 saturated heterocycles. The summed E-state index contributed by atoms with van der Waals surface area (Å²) in [6.45, 7) is 2.04. The number of nitrogens with one attached hydrogen (secondary N) is 2. The zero-order valence-electron chi connectivity index (χ0n) is 24.7. The van der Waals surface area contributed by atoms with Crippen LogP contribution in [0, 0.1) is 17.7 Å². The molecule has 2 aromatic rings. The number of rotatable bonds is 13. The van der Waals surface area contributed by atoms with Crippen LogP contribution in [-0.2, 0) is 26.0 Å². The zero-order chi connectivity index (χ0) is 30.4. The maximum Gasteiger partial charge on any atom is 0.273 e. The predicted molar refractivity (Wildman–Crippen MR) is 160 cm³/mol. The minimum absolute atomic E-state index is 0.0681. The number of fused-ring (bicyclic) bond motifs is 2. The number of hydrogen-bond donors (Lipinski definition) is 2. The Labute approximate surface area is 253 Å². The SMILES string of the molecule is CCS(=O)(=O)NC(=O)/C=C/c1ccc(F)cc1C[C@@H]1C(c2nc(C(=O)NCCCCC3CCCCC3)co2)C2CC[C@H]1O2. The van der Waals surface area contributed by atoms with Gasteiger partial charge in [0.2, 0.25) is 15.9 Å². The molecular weight excluding hydrogens is 573 g/mol. The number of aromatic nitrogens is 1. The first-order valence-corrected chi connectivity index (χ1v) is 17.3. The standard InChI is InChI=1S/C32H42FN3O6S/c1-2-43(39,40)36-29(37)16-12-22-11-13-24(33)18-23(22)19-25-27-14-15-28(42-27)30(25)32-35-26(20-41-32)31(38)34-17-7-6-10-21-8-4-3-5-9-21/h11-13,16,18,20-21,25,27-28,30H,2-10,14-15,17,19H2,1H3,(H,34,38)(H,36,37)/b16-12+/t25-,27+,28?,30?/m0/s1. The molecule has 4 atom stereocenters. The molecule has 2 amide bonds. The van der Waals surface area contributed by atoms with Crippen LogP contribution in [0.4, 0.5) is 4.39 Å². The maximum atomic E-state index is 14.3. The maximum absolute atomic E-state index is 14.3. The minimum Gasteiger partial charge on any atom is -0.448 e. The third-order valence-corrected chi connectivity index (χ3v) is 10.4. The number of halogens is 1. The van der Waals surface area contributed by atoms with E-state index in [1.165, 1.54) is 69.9 Å². The summed E-state index contributed by atoms with van der Waals surface area (Å²) in [6, 6.07) is 4.29. The van der Waals surface area contributed by atoms with Gasteiger partial charge in [-0.2, -0.15) is 0 Å². The molecule has 3 aliphatic rings. The van der Waals surface area contributed by atoms with Crippen molar-refractivity contribution in [2.75, 3.05) is 12.3 Å². The Kier molecular flexibility index (Phi) is 10.3. The van der Waals surface area contributed by atoms with Crippen LogP contribution < -0.4 is 10.0 Å². The summed E-state index contributed by atoms with van der Waals surface area (Å²) in [7, 11) is -3.69. The fraction of sp³-hybridized carbons (Fsp3) is 0.594. The highest BCUT2D eigenvalue weighted by Gasteiger charge is 2.51.